The molecule has 0 N–H and O–H groups in total. The van der Waals surface area contributed by atoms with Gasteiger partial charge in [0, 0.05) is 0 Å². The lowest BCUT2D eigenvalue weighted by molar-refractivity contribution is 0.00578. The molecule has 1 aliphatic heterocycles. The Morgan fingerprint density at radius 2 is 0.826 bits per heavy atom. The standard InChI is InChI=1S/C43H33BO2/c1-41(2)42(3,4)46-44(45-41)26-21-22-33-31-17-9-11-19-37(31)43(39(33)23-26)38-20-12-10-18-32(38)36-24-34-29-15-7-5-13-27(29)28-14-6-8-16-30(28)35(34)25-40(36)43/h5-25H,1-4H3. The van der Waals surface area contributed by atoms with E-state index in [0.717, 1.165) is 5.46 Å². The van der Waals surface area contributed by atoms with Crippen molar-refractivity contribution in [2.45, 2.75) is 44.3 Å². The Morgan fingerprint density at radius 3 is 1.41 bits per heavy atom. The van der Waals surface area contributed by atoms with E-state index < -0.39 is 23.7 Å². The molecule has 1 unspecified atom stereocenters. The van der Waals surface area contributed by atoms with Crippen molar-refractivity contribution in [3.05, 3.63) is 150 Å². The van der Waals surface area contributed by atoms with E-state index in [2.05, 4.69) is 155 Å². The summed E-state index contributed by atoms with van der Waals surface area (Å²) in [5.74, 6) is 0. The lowest BCUT2D eigenvalue weighted by Crippen LogP contribution is -2.41. The Balaban J connectivity index is 1.33. The molecule has 1 fully saturated rings. The van der Waals surface area contributed by atoms with Gasteiger partial charge in [0.2, 0.25) is 0 Å². The van der Waals surface area contributed by atoms with Gasteiger partial charge in [0.05, 0.1) is 16.6 Å². The van der Waals surface area contributed by atoms with Crippen LogP contribution in [-0.4, -0.2) is 18.3 Å². The van der Waals surface area contributed by atoms with Crippen LogP contribution in [0.5, 0.6) is 0 Å². The van der Waals surface area contributed by atoms with Crippen LogP contribution in [0.25, 0.3) is 54.6 Å². The summed E-state index contributed by atoms with van der Waals surface area (Å²) in [5.41, 5.74) is 10.3. The first-order chi connectivity index (χ1) is 22.3. The summed E-state index contributed by atoms with van der Waals surface area (Å²) in [7, 11) is -0.431. The predicted molar refractivity (Wildman–Crippen MR) is 191 cm³/mol. The number of benzene rings is 7. The summed E-state index contributed by atoms with van der Waals surface area (Å²) in [6.45, 7) is 8.50. The molecular formula is C43H33BO2. The van der Waals surface area contributed by atoms with Crippen LogP contribution in [0.4, 0.5) is 0 Å². The molecule has 0 amide bonds. The topological polar surface area (TPSA) is 18.5 Å². The first-order valence-electron chi connectivity index (χ1n) is 16.4. The van der Waals surface area contributed by atoms with Crippen molar-refractivity contribution in [3.63, 3.8) is 0 Å². The van der Waals surface area contributed by atoms with Crippen LogP contribution in [0.2, 0.25) is 0 Å². The van der Waals surface area contributed by atoms with E-state index in [4.69, 9.17) is 9.31 Å². The third-order valence-corrected chi connectivity index (χ3v) is 11.5. The average molecular weight is 593 g/mol. The van der Waals surface area contributed by atoms with Crippen LogP contribution in [0.15, 0.2) is 127 Å². The Bertz CT molecular complexity index is 2440. The average Bonchev–Trinajstić information content (AvgIpc) is 3.62. The van der Waals surface area contributed by atoms with Crippen LogP contribution in [0, 0.1) is 0 Å². The molecule has 3 aliphatic rings. The summed E-state index contributed by atoms with van der Waals surface area (Å²) in [6.07, 6.45) is 0. The minimum absolute atomic E-state index is 0.410. The van der Waals surface area contributed by atoms with E-state index >= 15 is 0 Å². The number of hydrogen-bond acceptors (Lipinski definition) is 2. The van der Waals surface area contributed by atoms with E-state index in [1.165, 1.54) is 76.8 Å². The maximum Gasteiger partial charge on any atom is 0.494 e. The minimum atomic E-state index is -0.460. The second kappa shape index (κ2) is 8.76. The zero-order valence-corrected chi connectivity index (χ0v) is 26.5. The molecule has 3 heteroatoms. The van der Waals surface area contributed by atoms with Gasteiger partial charge >= 0.3 is 7.12 Å². The van der Waals surface area contributed by atoms with Gasteiger partial charge in [-0.05, 0) is 122 Å². The molecule has 1 heterocycles. The normalized spacial score (nSPS) is 20.0. The van der Waals surface area contributed by atoms with Crippen LogP contribution < -0.4 is 5.46 Å². The molecule has 2 nitrogen and oxygen atoms in total. The van der Waals surface area contributed by atoms with Crippen LogP contribution >= 0.6 is 0 Å². The monoisotopic (exact) mass is 592 g/mol. The molecule has 0 bridgehead atoms. The van der Waals surface area contributed by atoms with Gasteiger partial charge in [-0.2, -0.15) is 0 Å². The lowest BCUT2D eigenvalue weighted by Gasteiger charge is -2.32. The molecule has 46 heavy (non-hydrogen) atoms. The van der Waals surface area contributed by atoms with E-state index in [0.29, 0.717) is 0 Å². The highest BCUT2D eigenvalue weighted by Crippen LogP contribution is 2.63. The van der Waals surface area contributed by atoms with Gasteiger partial charge in [-0.15, -0.1) is 0 Å². The first kappa shape index (κ1) is 26.5. The summed E-state index contributed by atoms with van der Waals surface area (Å²) < 4.78 is 13.2. The quantitative estimate of drug-likeness (QED) is 0.140. The van der Waals surface area contributed by atoms with Crippen molar-refractivity contribution in [2.75, 3.05) is 0 Å². The van der Waals surface area contributed by atoms with Gasteiger partial charge in [-0.25, -0.2) is 0 Å². The molecular weight excluding hydrogens is 559 g/mol. The van der Waals surface area contributed by atoms with Crippen molar-refractivity contribution in [1.82, 2.24) is 0 Å². The molecule has 7 aromatic carbocycles. The highest BCUT2D eigenvalue weighted by Gasteiger charge is 2.54. The highest BCUT2D eigenvalue weighted by atomic mass is 16.7. The van der Waals surface area contributed by atoms with Gasteiger partial charge in [0.25, 0.3) is 0 Å². The van der Waals surface area contributed by atoms with Gasteiger partial charge in [0.15, 0.2) is 0 Å². The summed E-state index contributed by atoms with van der Waals surface area (Å²) in [5, 5.41) is 7.79. The summed E-state index contributed by atoms with van der Waals surface area (Å²) in [4.78, 5) is 0. The van der Waals surface area contributed by atoms with Gasteiger partial charge in [0.1, 0.15) is 0 Å². The highest BCUT2D eigenvalue weighted by molar-refractivity contribution is 6.62. The Labute approximate surface area is 269 Å². The largest absolute Gasteiger partial charge is 0.494 e. The molecule has 0 radical (unpaired) electrons. The summed E-state index contributed by atoms with van der Waals surface area (Å²) in [6, 6.07) is 47.7. The van der Waals surface area contributed by atoms with E-state index in [1.54, 1.807) is 0 Å². The second-order valence-corrected chi connectivity index (χ2v) is 14.3. The molecule has 0 saturated carbocycles. The Morgan fingerprint density at radius 1 is 0.391 bits per heavy atom. The SMILES string of the molecule is CC1(C)OB(c2ccc3c(c2)C2(c4ccccc4-3)c3ccccc3-c3cc4c5ccccc5c5ccccc5c4cc32)OC1(C)C. The fraction of sp³-hybridized carbons (Fsp3) is 0.163. The molecule has 1 spiro atoms. The zero-order chi connectivity index (χ0) is 31.0. The molecule has 10 rings (SSSR count). The third kappa shape index (κ3) is 3.15. The lowest BCUT2D eigenvalue weighted by atomic mass is 9.68. The van der Waals surface area contributed by atoms with E-state index in [1.807, 2.05) is 0 Å². The fourth-order valence-electron chi connectivity index (χ4n) is 8.68. The fourth-order valence-corrected chi connectivity index (χ4v) is 8.68. The Kier molecular flexibility index (Phi) is 5.05. The number of hydrogen-bond donors (Lipinski definition) is 0. The molecule has 1 atom stereocenters. The number of rotatable bonds is 1. The van der Waals surface area contributed by atoms with Crippen molar-refractivity contribution >= 4 is 44.9 Å². The molecule has 220 valence electrons. The second-order valence-electron chi connectivity index (χ2n) is 14.3. The van der Waals surface area contributed by atoms with Gasteiger partial charge < -0.3 is 9.31 Å². The van der Waals surface area contributed by atoms with Crippen molar-refractivity contribution in [1.29, 1.82) is 0 Å². The van der Waals surface area contributed by atoms with Crippen molar-refractivity contribution < 1.29 is 9.31 Å². The van der Waals surface area contributed by atoms with Gasteiger partial charge in [-0.3, -0.25) is 0 Å². The molecule has 7 aromatic rings. The third-order valence-electron chi connectivity index (χ3n) is 11.5. The molecule has 0 aromatic heterocycles. The smallest absolute Gasteiger partial charge is 0.399 e. The van der Waals surface area contributed by atoms with Gasteiger partial charge in [-0.1, -0.05) is 115 Å². The zero-order valence-electron chi connectivity index (χ0n) is 26.5. The maximum absolute atomic E-state index is 6.60. The summed E-state index contributed by atoms with van der Waals surface area (Å²) >= 11 is 0. The van der Waals surface area contributed by atoms with E-state index in [-0.39, 0.29) is 0 Å². The van der Waals surface area contributed by atoms with Crippen LogP contribution in [-0.2, 0) is 14.7 Å². The maximum atomic E-state index is 6.60. The minimum Gasteiger partial charge on any atom is -0.399 e. The molecule has 2 aliphatic carbocycles. The van der Waals surface area contributed by atoms with E-state index in [9.17, 15) is 0 Å². The predicted octanol–water partition coefficient (Wildman–Crippen LogP) is 9.79. The molecule has 1 saturated heterocycles. The van der Waals surface area contributed by atoms with Crippen LogP contribution in [0.3, 0.4) is 0 Å². The van der Waals surface area contributed by atoms with Crippen LogP contribution in [0.1, 0.15) is 49.9 Å². The number of fused-ring (bicyclic) bond motifs is 16. The Hall–Kier alpha value is -4.70. The first-order valence-corrected chi connectivity index (χ1v) is 16.4. The van der Waals surface area contributed by atoms with Crippen molar-refractivity contribution in [2.24, 2.45) is 0 Å². The van der Waals surface area contributed by atoms with Crippen molar-refractivity contribution in [3.8, 4) is 22.3 Å².